The Kier molecular flexibility index (Phi) is 3.92. The predicted octanol–water partition coefficient (Wildman–Crippen LogP) is 2.16. The van der Waals surface area contributed by atoms with Gasteiger partial charge in [-0.3, -0.25) is 4.90 Å². The summed E-state index contributed by atoms with van der Waals surface area (Å²) in [4.78, 5) is 2.86. The van der Waals surface area contributed by atoms with Crippen molar-refractivity contribution in [3.63, 3.8) is 0 Å². The van der Waals surface area contributed by atoms with E-state index >= 15 is 0 Å². The van der Waals surface area contributed by atoms with Crippen LogP contribution in [0.15, 0.2) is 0 Å². The van der Waals surface area contributed by atoms with Crippen LogP contribution in [-0.4, -0.2) is 48.8 Å². The molecule has 104 valence electrons. The minimum Gasteiger partial charge on any atom is -0.380 e. The Morgan fingerprint density at radius 1 is 1.11 bits per heavy atom. The van der Waals surface area contributed by atoms with Crippen molar-refractivity contribution in [1.82, 2.24) is 10.2 Å². The summed E-state index contributed by atoms with van der Waals surface area (Å²) in [5, 5.41) is 3.66. The quantitative estimate of drug-likeness (QED) is 0.830. The molecule has 1 N–H and O–H groups in total. The molecule has 0 amide bonds. The first-order valence-electron chi connectivity index (χ1n) is 7.87. The Hall–Kier alpha value is -0.120. The zero-order chi connectivity index (χ0) is 12.5. The highest BCUT2D eigenvalue weighted by molar-refractivity contribution is 5.02. The first-order valence-corrected chi connectivity index (χ1v) is 7.87. The van der Waals surface area contributed by atoms with E-state index in [1.54, 1.807) is 0 Å². The number of nitrogens with zero attached hydrogens (tertiary/aromatic N) is 1. The molecule has 2 saturated heterocycles. The van der Waals surface area contributed by atoms with Gasteiger partial charge in [-0.05, 0) is 51.5 Å². The molecule has 1 aliphatic carbocycles. The summed E-state index contributed by atoms with van der Waals surface area (Å²) in [6.07, 6.45) is 10.0. The van der Waals surface area contributed by atoms with E-state index in [2.05, 4.69) is 17.1 Å². The number of fused-ring (bicyclic) bond motifs is 2. The van der Waals surface area contributed by atoms with E-state index in [0.717, 1.165) is 30.7 Å². The van der Waals surface area contributed by atoms with Crippen molar-refractivity contribution in [2.45, 2.75) is 82.1 Å². The lowest BCUT2D eigenvalue weighted by Crippen LogP contribution is -2.55. The van der Waals surface area contributed by atoms with Gasteiger partial charge in [-0.2, -0.15) is 0 Å². The monoisotopic (exact) mass is 252 g/mol. The van der Waals surface area contributed by atoms with Gasteiger partial charge in [0.25, 0.3) is 0 Å². The van der Waals surface area contributed by atoms with E-state index in [1.165, 1.54) is 44.9 Å². The fraction of sp³-hybridized carbons (Fsp3) is 1.00. The van der Waals surface area contributed by atoms with E-state index < -0.39 is 0 Å². The average Bonchev–Trinajstić information content (AvgIpc) is 2.92. The summed E-state index contributed by atoms with van der Waals surface area (Å²) in [5.41, 5.74) is 0. The van der Waals surface area contributed by atoms with Crippen molar-refractivity contribution in [3.05, 3.63) is 0 Å². The molecule has 2 aliphatic heterocycles. The third kappa shape index (κ3) is 2.21. The second-order valence-electron chi connectivity index (χ2n) is 6.33. The number of methoxy groups -OCH3 is 1. The molecule has 0 spiro atoms. The van der Waals surface area contributed by atoms with Gasteiger partial charge in [-0.15, -0.1) is 0 Å². The van der Waals surface area contributed by atoms with Crippen molar-refractivity contribution in [1.29, 1.82) is 0 Å². The van der Waals surface area contributed by atoms with Crippen LogP contribution in [0.25, 0.3) is 0 Å². The number of rotatable bonds is 4. The predicted molar refractivity (Wildman–Crippen MR) is 73.8 cm³/mol. The zero-order valence-corrected chi connectivity index (χ0v) is 11.9. The molecule has 0 aromatic carbocycles. The van der Waals surface area contributed by atoms with Crippen LogP contribution in [0.5, 0.6) is 0 Å². The van der Waals surface area contributed by atoms with Crippen LogP contribution < -0.4 is 5.32 Å². The van der Waals surface area contributed by atoms with Gasteiger partial charge >= 0.3 is 0 Å². The normalized spacial score (nSPS) is 44.7. The van der Waals surface area contributed by atoms with E-state index in [1.807, 2.05) is 7.11 Å². The summed E-state index contributed by atoms with van der Waals surface area (Å²) in [7, 11) is 1.90. The molecule has 1 saturated carbocycles. The second kappa shape index (κ2) is 5.48. The minimum atomic E-state index is 0.504. The maximum absolute atomic E-state index is 5.72. The van der Waals surface area contributed by atoms with Crippen LogP contribution in [0.2, 0.25) is 0 Å². The van der Waals surface area contributed by atoms with Crippen molar-refractivity contribution < 1.29 is 4.74 Å². The fourth-order valence-electron chi connectivity index (χ4n) is 4.73. The number of piperidine rings is 1. The van der Waals surface area contributed by atoms with Crippen molar-refractivity contribution in [2.24, 2.45) is 0 Å². The maximum atomic E-state index is 5.72. The van der Waals surface area contributed by atoms with Crippen LogP contribution in [0.4, 0.5) is 0 Å². The van der Waals surface area contributed by atoms with Gasteiger partial charge in [0.2, 0.25) is 0 Å². The standard InChI is InChI=1S/C15H28N2O/c1-3-16-11-9-12-7-8-13(10-11)17(12)14-5-4-6-15(14)18-2/h11-16H,3-10H2,1-2H3. The third-order valence-corrected chi connectivity index (χ3v) is 5.39. The van der Waals surface area contributed by atoms with Crippen LogP contribution in [0, 0.1) is 0 Å². The highest BCUT2D eigenvalue weighted by Gasteiger charge is 2.46. The van der Waals surface area contributed by atoms with Crippen LogP contribution in [-0.2, 0) is 4.74 Å². The van der Waals surface area contributed by atoms with Crippen LogP contribution in [0.3, 0.4) is 0 Å². The molecule has 3 nitrogen and oxygen atoms in total. The largest absolute Gasteiger partial charge is 0.380 e. The maximum Gasteiger partial charge on any atom is 0.0726 e. The Morgan fingerprint density at radius 2 is 1.83 bits per heavy atom. The van der Waals surface area contributed by atoms with Crippen molar-refractivity contribution in [2.75, 3.05) is 13.7 Å². The molecule has 0 aromatic rings. The highest BCUT2D eigenvalue weighted by Crippen LogP contribution is 2.41. The molecule has 3 heteroatoms. The van der Waals surface area contributed by atoms with E-state index in [0.29, 0.717) is 6.10 Å². The van der Waals surface area contributed by atoms with E-state index in [4.69, 9.17) is 4.74 Å². The van der Waals surface area contributed by atoms with Gasteiger partial charge < -0.3 is 10.1 Å². The summed E-state index contributed by atoms with van der Waals surface area (Å²) in [5.74, 6) is 0. The van der Waals surface area contributed by atoms with Gasteiger partial charge in [0.15, 0.2) is 0 Å². The summed E-state index contributed by atoms with van der Waals surface area (Å²) in [6, 6.07) is 3.14. The summed E-state index contributed by atoms with van der Waals surface area (Å²) >= 11 is 0. The molecule has 4 unspecified atom stereocenters. The molecule has 2 bridgehead atoms. The molecule has 0 radical (unpaired) electrons. The van der Waals surface area contributed by atoms with E-state index in [9.17, 15) is 0 Å². The molecule has 0 aromatic heterocycles. The molecule has 3 fully saturated rings. The van der Waals surface area contributed by atoms with Crippen LogP contribution >= 0.6 is 0 Å². The zero-order valence-electron chi connectivity index (χ0n) is 11.9. The molecule has 4 atom stereocenters. The Morgan fingerprint density at radius 3 is 2.44 bits per heavy atom. The lowest BCUT2D eigenvalue weighted by Gasteiger charge is -2.44. The van der Waals surface area contributed by atoms with Crippen LogP contribution in [0.1, 0.15) is 51.9 Å². The topological polar surface area (TPSA) is 24.5 Å². The first kappa shape index (κ1) is 12.9. The molecule has 3 rings (SSSR count). The van der Waals surface area contributed by atoms with Gasteiger partial charge in [-0.1, -0.05) is 6.92 Å². The Balaban J connectivity index is 1.68. The summed E-state index contributed by atoms with van der Waals surface area (Å²) in [6.45, 7) is 3.35. The Labute approximate surface area is 111 Å². The smallest absolute Gasteiger partial charge is 0.0726 e. The van der Waals surface area contributed by atoms with Crippen molar-refractivity contribution >= 4 is 0 Å². The average molecular weight is 252 g/mol. The first-order chi connectivity index (χ1) is 8.83. The molecular weight excluding hydrogens is 224 g/mol. The van der Waals surface area contributed by atoms with Gasteiger partial charge in [0.05, 0.1) is 6.10 Å². The number of hydrogen-bond acceptors (Lipinski definition) is 3. The fourth-order valence-corrected chi connectivity index (χ4v) is 4.73. The summed E-state index contributed by atoms with van der Waals surface area (Å²) < 4.78 is 5.72. The lowest BCUT2D eigenvalue weighted by atomic mass is 9.94. The number of hydrogen-bond donors (Lipinski definition) is 1. The number of nitrogens with one attached hydrogen (secondary N) is 1. The van der Waals surface area contributed by atoms with E-state index in [-0.39, 0.29) is 0 Å². The SMILES string of the molecule is CCNC1CC2CCC(C1)N2C1CCCC1OC. The molecule has 3 aliphatic rings. The van der Waals surface area contributed by atoms with Gasteiger partial charge in [-0.25, -0.2) is 0 Å². The lowest BCUT2D eigenvalue weighted by molar-refractivity contribution is -0.00920. The highest BCUT2D eigenvalue weighted by atomic mass is 16.5. The van der Waals surface area contributed by atoms with Gasteiger partial charge in [0.1, 0.15) is 0 Å². The minimum absolute atomic E-state index is 0.504. The molecule has 18 heavy (non-hydrogen) atoms. The van der Waals surface area contributed by atoms with Crippen molar-refractivity contribution in [3.8, 4) is 0 Å². The Bertz CT molecular complexity index is 270. The molecular formula is C15H28N2O. The van der Waals surface area contributed by atoms with Gasteiger partial charge in [0, 0.05) is 31.3 Å². The number of ether oxygens (including phenoxy) is 1. The molecule has 2 heterocycles. The third-order valence-electron chi connectivity index (χ3n) is 5.39. The second-order valence-corrected chi connectivity index (χ2v) is 6.33.